The van der Waals surface area contributed by atoms with Crippen LogP contribution < -0.4 is 10.9 Å². The van der Waals surface area contributed by atoms with Crippen molar-refractivity contribution in [2.75, 3.05) is 25.5 Å². The molecule has 0 aliphatic carbocycles. The second-order valence-corrected chi connectivity index (χ2v) is 8.88. The number of methoxy groups -OCH3 is 1. The number of pyridine rings is 1. The van der Waals surface area contributed by atoms with Crippen LogP contribution >= 0.6 is 0 Å². The minimum atomic E-state index is -3.00. The summed E-state index contributed by atoms with van der Waals surface area (Å²) < 4.78 is 48.6. The molecular formula is C26H26F3N5O3. The Balaban J connectivity index is 1.81. The molecule has 1 fully saturated rings. The quantitative estimate of drug-likeness (QED) is 0.506. The number of likely N-dealkylation sites (tertiary alicyclic amines) is 1. The number of hydrogen-bond acceptors (Lipinski definition) is 6. The number of alkyl halides is 2. The number of hydrogen-bond donors (Lipinski definition) is 1. The second kappa shape index (κ2) is 10.2. The van der Waals surface area contributed by atoms with Crippen LogP contribution in [0.15, 0.2) is 35.4 Å². The van der Waals surface area contributed by atoms with Gasteiger partial charge in [-0.2, -0.15) is 0 Å². The SMILES string of the molecule is C#C[C@@H](Nc1ncnc2c1cc(C1(OC)CCN(C(C)=O)CC1)c(=O)n2C)c1cccc(C(F)F)c1F. The number of aromatic nitrogens is 3. The van der Waals surface area contributed by atoms with Crippen molar-refractivity contribution in [3.05, 3.63) is 63.5 Å². The fourth-order valence-corrected chi connectivity index (χ4v) is 4.78. The smallest absolute Gasteiger partial charge is 0.266 e. The summed E-state index contributed by atoms with van der Waals surface area (Å²) in [6, 6.07) is 4.12. The first-order chi connectivity index (χ1) is 17.6. The lowest BCUT2D eigenvalue weighted by molar-refractivity contribution is -0.135. The van der Waals surface area contributed by atoms with Gasteiger partial charge in [0, 0.05) is 39.7 Å². The fourth-order valence-electron chi connectivity index (χ4n) is 4.78. The van der Waals surface area contributed by atoms with Gasteiger partial charge < -0.3 is 15.0 Å². The summed E-state index contributed by atoms with van der Waals surface area (Å²) >= 11 is 0. The van der Waals surface area contributed by atoms with Gasteiger partial charge in [0.05, 0.1) is 16.5 Å². The Hall–Kier alpha value is -3.91. The summed E-state index contributed by atoms with van der Waals surface area (Å²) in [6.45, 7) is 2.32. The molecule has 4 rings (SSSR count). The van der Waals surface area contributed by atoms with Crippen molar-refractivity contribution >= 4 is 22.8 Å². The van der Waals surface area contributed by atoms with Crippen molar-refractivity contribution in [1.82, 2.24) is 19.4 Å². The molecule has 1 amide bonds. The monoisotopic (exact) mass is 513 g/mol. The Morgan fingerprint density at radius 3 is 2.51 bits per heavy atom. The number of ether oxygens (including phenoxy) is 1. The molecular weight excluding hydrogens is 487 g/mol. The Labute approximate surface area is 211 Å². The molecule has 11 heteroatoms. The van der Waals surface area contributed by atoms with E-state index in [2.05, 4.69) is 21.2 Å². The third kappa shape index (κ3) is 4.64. The van der Waals surface area contributed by atoms with Gasteiger partial charge in [0.2, 0.25) is 5.91 Å². The number of carbonyl (C=O) groups is 1. The van der Waals surface area contributed by atoms with Gasteiger partial charge in [-0.05, 0) is 18.9 Å². The van der Waals surface area contributed by atoms with Crippen LogP contribution in [0, 0.1) is 18.2 Å². The molecule has 0 unspecified atom stereocenters. The van der Waals surface area contributed by atoms with Crippen LogP contribution in [0.25, 0.3) is 11.0 Å². The lowest BCUT2D eigenvalue weighted by atomic mass is 9.84. The first-order valence-electron chi connectivity index (χ1n) is 11.6. The number of piperidine rings is 1. The molecule has 1 N–H and O–H groups in total. The third-order valence-electron chi connectivity index (χ3n) is 6.95. The van der Waals surface area contributed by atoms with Gasteiger partial charge >= 0.3 is 0 Å². The van der Waals surface area contributed by atoms with Crippen molar-refractivity contribution in [3.63, 3.8) is 0 Å². The second-order valence-electron chi connectivity index (χ2n) is 8.88. The molecule has 37 heavy (non-hydrogen) atoms. The maximum Gasteiger partial charge on any atom is 0.266 e. The molecule has 1 aliphatic rings. The first kappa shape index (κ1) is 26.2. The van der Waals surface area contributed by atoms with Crippen LogP contribution in [-0.2, 0) is 22.2 Å². The van der Waals surface area contributed by atoms with Gasteiger partial charge in [0.1, 0.15) is 35.3 Å². The normalized spacial score (nSPS) is 16.0. The highest BCUT2D eigenvalue weighted by molar-refractivity contribution is 5.87. The van der Waals surface area contributed by atoms with E-state index in [-0.39, 0.29) is 28.5 Å². The Kier molecular flexibility index (Phi) is 7.23. The highest BCUT2D eigenvalue weighted by Gasteiger charge is 2.40. The van der Waals surface area contributed by atoms with Crippen molar-refractivity contribution in [3.8, 4) is 12.3 Å². The zero-order valence-corrected chi connectivity index (χ0v) is 20.6. The molecule has 0 spiro atoms. The number of carbonyl (C=O) groups excluding carboxylic acids is 1. The molecule has 0 saturated carbocycles. The van der Waals surface area contributed by atoms with E-state index in [0.717, 1.165) is 6.07 Å². The minimum absolute atomic E-state index is 0.0560. The van der Waals surface area contributed by atoms with Gasteiger partial charge in [-0.25, -0.2) is 23.1 Å². The molecule has 2 aromatic heterocycles. The molecule has 3 heterocycles. The summed E-state index contributed by atoms with van der Waals surface area (Å²) in [5.41, 5.74) is -1.52. The van der Waals surface area contributed by atoms with Crippen LogP contribution in [0.1, 0.15) is 48.9 Å². The van der Waals surface area contributed by atoms with Gasteiger partial charge in [-0.15, -0.1) is 6.42 Å². The van der Waals surface area contributed by atoms with E-state index in [1.807, 2.05) is 0 Å². The molecule has 8 nitrogen and oxygen atoms in total. The van der Waals surface area contributed by atoms with Gasteiger partial charge in [0.15, 0.2) is 0 Å². The number of nitrogens with zero attached hydrogens (tertiary/aromatic N) is 4. The Bertz CT molecular complexity index is 1440. The van der Waals surface area contributed by atoms with Crippen LogP contribution in [0.3, 0.4) is 0 Å². The first-order valence-corrected chi connectivity index (χ1v) is 11.6. The van der Waals surface area contributed by atoms with Crippen LogP contribution in [0.5, 0.6) is 0 Å². The standard InChI is InChI=1S/C26H26F3N5O3/c1-5-20(16-7-6-8-17(21(16)27)22(28)29)32-23-18-13-19(25(36)33(3)24(18)31-14-30-23)26(37-4)9-11-34(12-10-26)15(2)35/h1,6-8,13-14,20,22H,9-12H2,2-4H3,(H,30,31,32)/t20-/m1/s1. The van der Waals surface area contributed by atoms with Crippen molar-refractivity contribution < 1.29 is 22.7 Å². The van der Waals surface area contributed by atoms with Gasteiger partial charge in [0.25, 0.3) is 12.0 Å². The predicted octanol–water partition coefficient (Wildman–Crippen LogP) is 3.68. The maximum atomic E-state index is 14.8. The largest absolute Gasteiger partial charge is 0.373 e. The Morgan fingerprint density at radius 1 is 1.24 bits per heavy atom. The fraction of sp³-hybridized carbons (Fsp3) is 0.385. The highest BCUT2D eigenvalue weighted by Crippen LogP contribution is 2.37. The average molecular weight is 514 g/mol. The summed E-state index contributed by atoms with van der Waals surface area (Å²) in [6.07, 6.45) is 4.68. The van der Waals surface area contributed by atoms with Crippen LogP contribution in [0.4, 0.5) is 19.0 Å². The molecule has 194 valence electrons. The molecule has 1 atom stereocenters. The van der Waals surface area contributed by atoms with E-state index in [4.69, 9.17) is 11.2 Å². The van der Waals surface area contributed by atoms with E-state index >= 15 is 0 Å². The van der Waals surface area contributed by atoms with Crippen LogP contribution in [-0.4, -0.2) is 45.5 Å². The summed E-state index contributed by atoms with van der Waals surface area (Å²) in [5, 5.41) is 3.36. The predicted molar refractivity (Wildman–Crippen MR) is 132 cm³/mol. The molecule has 1 aliphatic heterocycles. The topological polar surface area (TPSA) is 89.4 Å². The average Bonchev–Trinajstić information content (AvgIpc) is 2.89. The number of anilines is 1. The van der Waals surface area contributed by atoms with E-state index in [0.29, 0.717) is 36.9 Å². The number of benzene rings is 1. The molecule has 0 bridgehead atoms. The summed E-state index contributed by atoms with van der Waals surface area (Å²) in [4.78, 5) is 35.4. The maximum absolute atomic E-state index is 14.8. The molecule has 3 aromatic rings. The van der Waals surface area contributed by atoms with Gasteiger partial charge in [-0.1, -0.05) is 24.1 Å². The van der Waals surface area contributed by atoms with Crippen molar-refractivity contribution in [2.24, 2.45) is 7.05 Å². The summed E-state index contributed by atoms with van der Waals surface area (Å²) in [7, 11) is 3.07. The van der Waals surface area contributed by atoms with E-state index in [1.165, 1.54) is 37.1 Å². The van der Waals surface area contributed by atoms with E-state index in [1.54, 1.807) is 18.0 Å². The van der Waals surface area contributed by atoms with Crippen molar-refractivity contribution in [1.29, 1.82) is 0 Å². The molecule has 1 saturated heterocycles. The number of nitrogens with one attached hydrogen (secondary N) is 1. The molecule has 0 radical (unpaired) electrons. The van der Waals surface area contributed by atoms with E-state index in [9.17, 15) is 22.8 Å². The number of rotatable bonds is 6. The Morgan fingerprint density at radius 2 is 1.92 bits per heavy atom. The zero-order chi connectivity index (χ0) is 26.9. The zero-order valence-electron chi connectivity index (χ0n) is 20.6. The van der Waals surface area contributed by atoms with Crippen molar-refractivity contribution in [2.45, 2.75) is 37.8 Å². The number of halogens is 3. The lowest BCUT2D eigenvalue weighted by Crippen LogP contribution is -2.48. The third-order valence-corrected chi connectivity index (χ3v) is 6.95. The molecule has 1 aromatic carbocycles. The number of amides is 1. The van der Waals surface area contributed by atoms with Crippen LogP contribution in [0.2, 0.25) is 0 Å². The van der Waals surface area contributed by atoms with Gasteiger partial charge in [-0.3, -0.25) is 14.2 Å². The number of terminal acetylenes is 1. The minimum Gasteiger partial charge on any atom is -0.373 e. The highest BCUT2D eigenvalue weighted by atomic mass is 19.3. The number of aryl methyl sites for hydroxylation is 1. The summed E-state index contributed by atoms with van der Waals surface area (Å²) in [5.74, 6) is 1.43. The number of fused-ring (bicyclic) bond motifs is 1. The lowest BCUT2D eigenvalue weighted by Gasteiger charge is -2.40. The van der Waals surface area contributed by atoms with E-state index < -0.39 is 29.4 Å².